The van der Waals surface area contributed by atoms with Crippen LogP contribution >= 0.6 is 11.3 Å². The van der Waals surface area contributed by atoms with Crippen LogP contribution in [0.5, 0.6) is 0 Å². The Kier molecular flexibility index (Phi) is 5.23. The van der Waals surface area contributed by atoms with Gasteiger partial charge in [0.05, 0.1) is 6.04 Å². The molecule has 1 N–H and O–H groups in total. The summed E-state index contributed by atoms with van der Waals surface area (Å²) in [5, 5.41) is 8.33. The Morgan fingerprint density at radius 1 is 0.952 bits per heavy atom. The number of thiophene rings is 1. The number of hydrogen-bond donors (Lipinski definition) is 1. The lowest BCUT2D eigenvalue weighted by Crippen LogP contribution is -2.25. The van der Waals surface area contributed by atoms with E-state index in [4.69, 9.17) is 0 Å². The lowest BCUT2D eigenvalue weighted by atomic mass is 9.86. The standard InChI is InChI=1S/C19H27NS/c1-7-8-20-19(17-11-21-10-14(17)4)18-15(5)12(2)9-13(3)16(18)6/h9-11,19-20H,7-8H2,1-6H3. The summed E-state index contributed by atoms with van der Waals surface area (Å²) < 4.78 is 0. The molecule has 0 saturated heterocycles. The molecule has 1 atom stereocenters. The Hall–Kier alpha value is -1.12. The van der Waals surface area contributed by atoms with E-state index in [1.165, 1.54) is 38.9 Å². The fourth-order valence-electron chi connectivity index (χ4n) is 3.00. The third-order valence-corrected chi connectivity index (χ3v) is 5.40. The Morgan fingerprint density at radius 2 is 1.57 bits per heavy atom. The predicted molar refractivity (Wildman–Crippen MR) is 94.6 cm³/mol. The second-order valence-corrected chi connectivity index (χ2v) is 6.81. The van der Waals surface area contributed by atoms with E-state index < -0.39 is 0 Å². The van der Waals surface area contributed by atoms with Crippen LogP contribution in [0.25, 0.3) is 0 Å². The van der Waals surface area contributed by atoms with Crippen molar-refractivity contribution in [3.63, 3.8) is 0 Å². The van der Waals surface area contributed by atoms with Crippen LogP contribution in [-0.4, -0.2) is 6.54 Å². The molecular formula is C19H27NS. The van der Waals surface area contributed by atoms with E-state index in [9.17, 15) is 0 Å². The molecule has 114 valence electrons. The highest BCUT2D eigenvalue weighted by Crippen LogP contribution is 2.34. The Labute approximate surface area is 133 Å². The predicted octanol–water partition coefficient (Wildman–Crippen LogP) is 5.38. The number of aryl methyl sites for hydroxylation is 3. The van der Waals surface area contributed by atoms with Crippen molar-refractivity contribution in [3.05, 3.63) is 55.8 Å². The molecule has 0 amide bonds. The molecule has 0 aliphatic rings. The van der Waals surface area contributed by atoms with E-state index in [2.05, 4.69) is 63.7 Å². The zero-order chi connectivity index (χ0) is 15.6. The van der Waals surface area contributed by atoms with Gasteiger partial charge >= 0.3 is 0 Å². The zero-order valence-corrected chi connectivity index (χ0v) is 14.9. The number of benzene rings is 1. The molecule has 2 rings (SSSR count). The minimum absolute atomic E-state index is 0.315. The van der Waals surface area contributed by atoms with Crippen LogP contribution in [0.3, 0.4) is 0 Å². The van der Waals surface area contributed by atoms with Crippen molar-refractivity contribution in [1.82, 2.24) is 5.32 Å². The molecule has 1 heterocycles. The summed E-state index contributed by atoms with van der Waals surface area (Å²) in [6.07, 6.45) is 1.16. The number of nitrogens with one attached hydrogen (secondary N) is 1. The Balaban J connectivity index is 2.59. The quantitative estimate of drug-likeness (QED) is 0.782. The monoisotopic (exact) mass is 301 g/mol. The number of rotatable bonds is 5. The highest BCUT2D eigenvalue weighted by atomic mass is 32.1. The third kappa shape index (κ3) is 3.22. The lowest BCUT2D eigenvalue weighted by molar-refractivity contribution is 0.592. The molecule has 0 aliphatic carbocycles. The topological polar surface area (TPSA) is 12.0 Å². The van der Waals surface area contributed by atoms with Crippen LogP contribution in [0, 0.1) is 34.6 Å². The minimum atomic E-state index is 0.315. The summed E-state index contributed by atoms with van der Waals surface area (Å²) in [6.45, 7) is 14.5. The maximum Gasteiger partial charge on any atom is 0.0592 e. The van der Waals surface area contributed by atoms with Crippen molar-refractivity contribution in [2.45, 2.75) is 54.0 Å². The smallest absolute Gasteiger partial charge is 0.0592 e. The normalized spacial score (nSPS) is 12.7. The van der Waals surface area contributed by atoms with Crippen molar-refractivity contribution in [2.24, 2.45) is 0 Å². The van der Waals surface area contributed by atoms with E-state index in [0.29, 0.717) is 6.04 Å². The maximum atomic E-state index is 3.77. The van der Waals surface area contributed by atoms with Crippen molar-refractivity contribution >= 4 is 11.3 Å². The van der Waals surface area contributed by atoms with E-state index in [1.807, 2.05) is 0 Å². The van der Waals surface area contributed by atoms with Gasteiger partial charge in [-0.2, -0.15) is 11.3 Å². The van der Waals surface area contributed by atoms with Gasteiger partial charge in [0.1, 0.15) is 0 Å². The van der Waals surface area contributed by atoms with Crippen LogP contribution in [-0.2, 0) is 0 Å². The Morgan fingerprint density at radius 3 is 2.05 bits per heavy atom. The van der Waals surface area contributed by atoms with E-state index >= 15 is 0 Å². The molecule has 0 radical (unpaired) electrons. The Bertz CT molecular complexity index is 598. The summed E-state index contributed by atoms with van der Waals surface area (Å²) in [6, 6.07) is 2.63. The van der Waals surface area contributed by atoms with E-state index in [1.54, 1.807) is 11.3 Å². The first-order chi connectivity index (χ1) is 9.97. The van der Waals surface area contributed by atoms with Gasteiger partial charge in [-0.15, -0.1) is 0 Å². The minimum Gasteiger partial charge on any atom is -0.306 e. The van der Waals surface area contributed by atoms with Gasteiger partial charge in [0.25, 0.3) is 0 Å². The molecule has 0 saturated carbocycles. The van der Waals surface area contributed by atoms with Gasteiger partial charge in [0.15, 0.2) is 0 Å². The molecule has 2 aromatic rings. The van der Waals surface area contributed by atoms with Gasteiger partial charge in [-0.05, 0) is 97.3 Å². The van der Waals surface area contributed by atoms with Crippen molar-refractivity contribution in [3.8, 4) is 0 Å². The van der Waals surface area contributed by atoms with Crippen LogP contribution in [0.1, 0.15) is 58.3 Å². The first-order valence-corrected chi connectivity index (χ1v) is 8.75. The molecular weight excluding hydrogens is 274 g/mol. The SMILES string of the molecule is CCCNC(c1cscc1C)c1c(C)c(C)cc(C)c1C. The van der Waals surface area contributed by atoms with Crippen LogP contribution in [0.15, 0.2) is 16.8 Å². The van der Waals surface area contributed by atoms with E-state index in [-0.39, 0.29) is 0 Å². The summed E-state index contributed by atoms with van der Waals surface area (Å²) in [7, 11) is 0. The molecule has 21 heavy (non-hydrogen) atoms. The number of hydrogen-bond acceptors (Lipinski definition) is 2. The molecule has 1 aromatic heterocycles. The summed E-state index contributed by atoms with van der Waals surface area (Å²) >= 11 is 1.80. The van der Waals surface area contributed by atoms with Crippen LogP contribution in [0.4, 0.5) is 0 Å². The molecule has 2 heteroatoms. The second kappa shape index (κ2) is 6.76. The van der Waals surface area contributed by atoms with Crippen LogP contribution < -0.4 is 5.32 Å². The maximum absolute atomic E-state index is 3.77. The largest absolute Gasteiger partial charge is 0.306 e. The summed E-state index contributed by atoms with van der Waals surface area (Å²) in [5.74, 6) is 0. The van der Waals surface area contributed by atoms with Gasteiger partial charge in [-0.3, -0.25) is 0 Å². The van der Waals surface area contributed by atoms with Gasteiger partial charge in [-0.25, -0.2) is 0 Å². The lowest BCUT2D eigenvalue weighted by Gasteiger charge is -2.25. The zero-order valence-electron chi connectivity index (χ0n) is 14.1. The molecule has 0 bridgehead atoms. The first kappa shape index (κ1) is 16.3. The highest BCUT2D eigenvalue weighted by Gasteiger charge is 2.21. The van der Waals surface area contributed by atoms with Crippen molar-refractivity contribution in [1.29, 1.82) is 0 Å². The van der Waals surface area contributed by atoms with Gasteiger partial charge in [0.2, 0.25) is 0 Å². The molecule has 1 aromatic carbocycles. The molecule has 0 spiro atoms. The van der Waals surface area contributed by atoms with Gasteiger partial charge in [0, 0.05) is 0 Å². The first-order valence-electron chi connectivity index (χ1n) is 7.80. The van der Waals surface area contributed by atoms with Crippen molar-refractivity contribution in [2.75, 3.05) is 6.54 Å². The van der Waals surface area contributed by atoms with Gasteiger partial charge < -0.3 is 5.32 Å². The average molecular weight is 301 g/mol. The third-order valence-electron chi connectivity index (χ3n) is 4.52. The average Bonchev–Trinajstić information content (AvgIpc) is 2.86. The van der Waals surface area contributed by atoms with Crippen molar-refractivity contribution < 1.29 is 0 Å². The highest BCUT2D eigenvalue weighted by molar-refractivity contribution is 7.08. The molecule has 0 aliphatic heterocycles. The van der Waals surface area contributed by atoms with Gasteiger partial charge in [-0.1, -0.05) is 13.0 Å². The second-order valence-electron chi connectivity index (χ2n) is 6.07. The molecule has 0 fully saturated rings. The molecule has 1 nitrogen and oxygen atoms in total. The van der Waals surface area contributed by atoms with E-state index in [0.717, 1.165) is 13.0 Å². The fraction of sp³-hybridized carbons (Fsp3) is 0.474. The fourth-order valence-corrected chi connectivity index (χ4v) is 3.88. The molecule has 1 unspecified atom stereocenters. The summed E-state index contributed by atoms with van der Waals surface area (Å²) in [4.78, 5) is 0. The summed E-state index contributed by atoms with van der Waals surface area (Å²) in [5.41, 5.74) is 9.95. The van der Waals surface area contributed by atoms with Crippen LogP contribution in [0.2, 0.25) is 0 Å².